The maximum atomic E-state index is 15.3. The van der Waals surface area contributed by atoms with E-state index >= 15 is 4.39 Å². The van der Waals surface area contributed by atoms with Crippen molar-refractivity contribution in [2.75, 3.05) is 19.4 Å². The zero-order valence-corrected chi connectivity index (χ0v) is 17.9. The first-order valence-corrected chi connectivity index (χ1v) is 10.4. The molecule has 150 valence electrons. The summed E-state index contributed by atoms with van der Waals surface area (Å²) in [6.07, 6.45) is 1.90. The Labute approximate surface area is 173 Å². The minimum atomic E-state index is -1.17. The van der Waals surface area contributed by atoms with Crippen LogP contribution in [-0.4, -0.2) is 30.3 Å². The smallest absolute Gasteiger partial charge is 0.133 e. The molecule has 2 aromatic rings. The van der Waals surface area contributed by atoms with Crippen LogP contribution in [-0.2, 0) is 6.42 Å². The van der Waals surface area contributed by atoms with Gasteiger partial charge in [-0.15, -0.1) is 0 Å². The number of halogens is 3. The third kappa shape index (κ3) is 3.30. The van der Waals surface area contributed by atoms with Gasteiger partial charge < -0.3 is 10.5 Å². The summed E-state index contributed by atoms with van der Waals surface area (Å²) >= 11 is 3.34. The van der Waals surface area contributed by atoms with Crippen molar-refractivity contribution >= 4 is 21.6 Å². The Hall–Kier alpha value is -1.66. The van der Waals surface area contributed by atoms with Crippen LogP contribution in [0.5, 0.6) is 5.75 Å². The topological polar surface area (TPSA) is 38.5 Å². The van der Waals surface area contributed by atoms with E-state index in [2.05, 4.69) is 27.8 Å². The monoisotopic (exact) mass is 450 g/mol. The number of alkyl halides is 1. The molecular weight excluding hydrogens is 426 g/mol. The summed E-state index contributed by atoms with van der Waals surface area (Å²) in [5, 5.41) is 0. The van der Waals surface area contributed by atoms with Gasteiger partial charge in [-0.2, -0.15) is 0 Å². The third-order valence-electron chi connectivity index (χ3n) is 6.18. The molecule has 28 heavy (non-hydrogen) atoms. The second-order valence-electron chi connectivity index (χ2n) is 8.13. The second kappa shape index (κ2) is 6.99. The van der Waals surface area contributed by atoms with Gasteiger partial charge in [0, 0.05) is 22.7 Å². The van der Waals surface area contributed by atoms with E-state index in [-0.39, 0.29) is 11.9 Å². The summed E-state index contributed by atoms with van der Waals surface area (Å²) in [4.78, 5) is 2.10. The first-order valence-electron chi connectivity index (χ1n) is 9.59. The van der Waals surface area contributed by atoms with Crippen molar-refractivity contribution in [1.29, 1.82) is 0 Å². The minimum Gasteiger partial charge on any atom is -0.496 e. The highest BCUT2D eigenvalue weighted by Crippen LogP contribution is 2.48. The minimum absolute atomic E-state index is 0.0546. The molecule has 3 nitrogen and oxygen atoms in total. The number of anilines is 1. The van der Waals surface area contributed by atoms with Crippen LogP contribution in [0.3, 0.4) is 0 Å². The number of hydrogen-bond donors (Lipinski definition) is 1. The molecule has 1 aliphatic carbocycles. The van der Waals surface area contributed by atoms with Crippen LogP contribution >= 0.6 is 15.9 Å². The molecule has 0 saturated heterocycles. The molecule has 2 aliphatic rings. The third-order valence-corrected chi connectivity index (χ3v) is 6.63. The molecule has 2 aromatic carbocycles. The van der Waals surface area contributed by atoms with Gasteiger partial charge in [-0.05, 0) is 68.0 Å². The fraction of sp³-hybridized carbons (Fsp3) is 0.455. The summed E-state index contributed by atoms with van der Waals surface area (Å²) in [6.45, 7) is 4.37. The van der Waals surface area contributed by atoms with Crippen molar-refractivity contribution in [2.45, 2.75) is 50.9 Å². The lowest BCUT2D eigenvalue weighted by molar-refractivity contribution is 0.0951. The zero-order chi connectivity index (χ0) is 20.2. The summed E-state index contributed by atoms with van der Waals surface area (Å²) in [5.74, 6) is 0.0968. The first-order chi connectivity index (χ1) is 13.2. The molecule has 0 aromatic heterocycles. The van der Waals surface area contributed by atoms with E-state index in [1.807, 2.05) is 19.1 Å². The van der Waals surface area contributed by atoms with Crippen molar-refractivity contribution in [1.82, 2.24) is 4.90 Å². The van der Waals surface area contributed by atoms with Crippen molar-refractivity contribution in [3.05, 3.63) is 56.8 Å². The maximum Gasteiger partial charge on any atom is 0.133 e. The van der Waals surface area contributed by atoms with Crippen molar-refractivity contribution in [3.63, 3.8) is 0 Å². The predicted molar refractivity (Wildman–Crippen MR) is 111 cm³/mol. The van der Waals surface area contributed by atoms with Crippen LogP contribution in [0.4, 0.5) is 14.5 Å². The Balaban J connectivity index is 1.94. The standard InChI is InChI=1S/C22H25BrF2N2O/c1-12-8-16-13(2)18(26)5-4-15(16)21(27(12)11-22(25)6-7-22)20-17(24)9-14(23)10-19(20)28-3/h4-5,9-10,12,21H,6-8,11,26H2,1-3H3/t12-,21+/m1/s1. The van der Waals surface area contributed by atoms with E-state index in [1.54, 1.807) is 6.07 Å². The average Bonchev–Trinajstić information content (AvgIpc) is 3.37. The number of ether oxygens (including phenoxy) is 1. The Morgan fingerprint density at radius 2 is 2.04 bits per heavy atom. The number of nitrogens with zero attached hydrogens (tertiary/aromatic N) is 1. The van der Waals surface area contributed by atoms with Crippen LogP contribution in [0.1, 0.15) is 48.1 Å². The average molecular weight is 451 g/mol. The number of fused-ring (bicyclic) bond motifs is 1. The predicted octanol–water partition coefficient (Wildman–Crippen LogP) is 5.33. The maximum absolute atomic E-state index is 15.3. The Kier molecular flexibility index (Phi) is 4.91. The van der Waals surface area contributed by atoms with Crippen LogP contribution in [0.15, 0.2) is 28.7 Å². The van der Waals surface area contributed by atoms with E-state index in [4.69, 9.17) is 10.5 Å². The van der Waals surface area contributed by atoms with Gasteiger partial charge in [0.2, 0.25) is 0 Å². The molecule has 4 rings (SSSR count). The molecule has 1 saturated carbocycles. The van der Waals surface area contributed by atoms with Crippen molar-refractivity contribution in [2.24, 2.45) is 0 Å². The highest BCUT2D eigenvalue weighted by molar-refractivity contribution is 9.10. The van der Waals surface area contributed by atoms with E-state index in [1.165, 1.54) is 13.2 Å². The normalized spacial score (nSPS) is 23.4. The van der Waals surface area contributed by atoms with E-state index < -0.39 is 11.7 Å². The van der Waals surface area contributed by atoms with Crippen molar-refractivity contribution in [3.8, 4) is 5.75 Å². The molecule has 2 atom stereocenters. The SMILES string of the molecule is COc1cc(Br)cc(F)c1[C@@H]1c2ccc(N)c(C)c2C[C@@H](C)N1CC1(F)CC1. The van der Waals surface area contributed by atoms with Crippen molar-refractivity contribution < 1.29 is 13.5 Å². The van der Waals surface area contributed by atoms with Gasteiger partial charge in [-0.3, -0.25) is 4.90 Å². The zero-order valence-electron chi connectivity index (χ0n) is 16.4. The molecule has 2 N–H and O–H groups in total. The van der Waals surface area contributed by atoms with Gasteiger partial charge in [0.15, 0.2) is 0 Å². The van der Waals surface area contributed by atoms with Crippen LogP contribution in [0.2, 0.25) is 0 Å². The molecule has 0 unspecified atom stereocenters. The summed E-state index contributed by atoms with van der Waals surface area (Å²) in [6, 6.07) is 6.66. The molecule has 0 amide bonds. The number of benzene rings is 2. The van der Waals surface area contributed by atoms with Gasteiger partial charge in [0.1, 0.15) is 17.2 Å². The van der Waals surface area contributed by atoms with Gasteiger partial charge in [0.05, 0.1) is 18.7 Å². The molecule has 1 fully saturated rings. The Morgan fingerprint density at radius 3 is 2.68 bits per heavy atom. The highest BCUT2D eigenvalue weighted by atomic mass is 79.9. The number of nitrogens with two attached hydrogens (primary N) is 1. The number of methoxy groups -OCH3 is 1. The van der Waals surface area contributed by atoms with Gasteiger partial charge in [-0.1, -0.05) is 22.0 Å². The van der Waals surface area contributed by atoms with E-state index in [0.29, 0.717) is 35.2 Å². The van der Waals surface area contributed by atoms with E-state index in [0.717, 1.165) is 28.8 Å². The van der Waals surface area contributed by atoms with Crippen LogP contribution in [0, 0.1) is 12.7 Å². The summed E-state index contributed by atoms with van der Waals surface area (Å²) in [7, 11) is 1.54. The van der Waals surface area contributed by atoms with Crippen LogP contribution in [0.25, 0.3) is 0 Å². The first kappa shape index (κ1) is 19.6. The number of nitrogen functional groups attached to an aromatic ring is 1. The lowest BCUT2D eigenvalue weighted by Crippen LogP contribution is -2.46. The lowest BCUT2D eigenvalue weighted by atomic mass is 9.82. The Bertz CT molecular complexity index is 929. The molecular formula is C22H25BrF2N2O. The molecule has 6 heteroatoms. The van der Waals surface area contributed by atoms with Gasteiger partial charge >= 0.3 is 0 Å². The van der Waals surface area contributed by atoms with Gasteiger partial charge in [-0.25, -0.2) is 8.78 Å². The summed E-state index contributed by atoms with van der Waals surface area (Å²) < 4.78 is 36.2. The molecule has 0 bridgehead atoms. The summed E-state index contributed by atoms with van der Waals surface area (Å²) in [5.41, 5.74) is 9.28. The number of rotatable bonds is 4. The largest absolute Gasteiger partial charge is 0.496 e. The lowest BCUT2D eigenvalue weighted by Gasteiger charge is -2.44. The fourth-order valence-corrected chi connectivity index (χ4v) is 4.76. The Morgan fingerprint density at radius 1 is 1.32 bits per heavy atom. The van der Waals surface area contributed by atoms with Gasteiger partial charge in [0.25, 0.3) is 0 Å². The second-order valence-corrected chi connectivity index (χ2v) is 9.05. The highest BCUT2D eigenvalue weighted by Gasteiger charge is 2.48. The molecule has 1 heterocycles. The number of hydrogen-bond acceptors (Lipinski definition) is 3. The molecule has 1 aliphatic heterocycles. The van der Waals surface area contributed by atoms with E-state index in [9.17, 15) is 4.39 Å². The van der Waals surface area contributed by atoms with Crippen LogP contribution < -0.4 is 10.5 Å². The molecule has 0 spiro atoms. The quantitative estimate of drug-likeness (QED) is 0.640. The molecule has 0 radical (unpaired) electrons. The fourth-order valence-electron chi connectivity index (χ4n) is 4.35.